The van der Waals surface area contributed by atoms with Crippen molar-refractivity contribution in [1.29, 1.82) is 0 Å². The van der Waals surface area contributed by atoms with Crippen LogP contribution in [0.15, 0.2) is 11.6 Å². The summed E-state index contributed by atoms with van der Waals surface area (Å²) < 4.78 is 0. The standard InChI is InChI=1S/C13H24N2O/c1-3-10(2)12(14)13(16)15-9-8-11-6-4-5-7-11/h6,10,12H,3-5,7-9,14H2,1-2H3,(H,15,16). The van der Waals surface area contributed by atoms with Crippen LogP contribution in [-0.2, 0) is 4.79 Å². The number of hydrogen-bond donors (Lipinski definition) is 2. The first-order chi connectivity index (χ1) is 7.65. The highest BCUT2D eigenvalue weighted by Gasteiger charge is 2.18. The van der Waals surface area contributed by atoms with Crippen molar-refractivity contribution in [2.75, 3.05) is 6.54 Å². The normalized spacial score (nSPS) is 19.1. The SMILES string of the molecule is CCC(C)C(N)C(=O)NCCC1=CCCC1. The Morgan fingerprint density at radius 1 is 1.62 bits per heavy atom. The Hall–Kier alpha value is -0.830. The van der Waals surface area contributed by atoms with Crippen LogP contribution < -0.4 is 11.1 Å². The van der Waals surface area contributed by atoms with Crippen molar-refractivity contribution >= 4 is 5.91 Å². The molecule has 1 amide bonds. The Morgan fingerprint density at radius 3 is 2.94 bits per heavy atom. The van der Waals surface area contributed by atoms with E-state index in [1.54, 1.807) is 0 Å². The first-order valence-electron chi connectivity index (χ1n) is 6.36. The maximum Gasteiger partial charge on any atom is 0.237 e. The first-order valence-corrected chi connectivity index (χ1v) is 6.36. The van der Waals surface area contributed by atoms with Gasteiger partial charge in [0.1, 0.15) is 0 Å². The second-order valence-electron chi connectivity index (χ2n) is 4.71. The summed E-state index contributed by atoms with van der Waals surface area (Å²) in [5.74, 6) is 0.249. The van der Waals surface area contributed by atoms with Gasteiger partial charge in [-0.2, -0.15) is 0 Å². The smallest absolute Gasteiger partial charge is 0.237 e. The summed E-state index contributed by atoms with van der Waals surface area (Å²) >= 11 is 0. The largest absolute Gasteiger partial charge is 0.354 e. The molecule has 0 aromatic carbocycles. The van der Waals surface area contributed by atoms with Crippen LogP contribution in [-0.4, -0.2) is 18.5 Å². The number of rotatable bonds is 6. The molecule has 1 aliphatic carbocycles. The molecule has 2 unspecified atom stereocenters. The van der Waals surface area contributed by atoms with Gasteiger partial charge in [-0.3, -0.25) is 4.79 Å². The molecule has 0 bridgehead atoms. The minimum Gasteiger partial charge on any atom is -0.354 e. The summed E-state index contributed by atoms with van der Waals surface area (Å²) in [7, 11) is 0. The molecule has 3 N–H and O–H groups in total. The Labute approximate surface area is 98.5 Å². The van der Waals surface area contributed by atoms with Crippen molar-refractivity contribution in [1.82, 2.24) is 5.32 Å². The molecule has 0 heterocycles. The minimum absolute atomic E-state index is 0.00653. The van der Waals surface area contributed by atoms with Crippen LogP contribution in [0.5, 0.6) is 0 Å². The number of carbonyl (C=O) groups is 1. The Morgan fingerprint density at radius 2 is 2.38 bits per heavy atom. The maximum absolute atomic E-state index is 11.7. The van der Waals surface area contributed by atoms with Crippen LogP contribution in [0.4, 0.5) is 0 Å². The van der Waals surface area contributed by atoms with Gasteiger partial charge in [0.15, 0.2) is 0 Å². The highest BCUT2D eigenvalue weighted by atomic mass is 16.2. The van der Waals surface area contributed by atoms with E-state index in [-0.39, 0.29) is 17.9 Å². The third kappa shape index (κ3) is 3.97. The number of nitrogens with two attached hydrogens (primary N) is 1. The van der Waals surface area contributed by atoms with Crippen molar-refractivity contribution in [3.63, 3.8) is 0 Å². The van der Waals surface area contributed by atoms with E-state index in [0.717, 1.165) is 19.4 Å². The summed E-state index contributed by atoms with van der Waals surface area (Å²) in [6.07, 6.45) is 7.90. The Kier molecular flexibility index (Phi) is 5.53. The van der Waals surface area contributed by atoms with Crippen molar-refractivity contribution in [3.8, 4) is 0 Å². The van der Waals surface area contributed by atoms with E-state index in [9.17, 15) is 4.79 Å². The fourth-order valence-corrected chi connectivity index (χ4v) is 1.94. The van der Waals surface area contributed by atoms with Gasteiger partial charge in [0, 0.05) is 6.54 Å². The van der Waals surface area contributed by atoms with E-state index >= 15 is 0 Å². The Bertz CT molecular complexity index is 261. The van der Waals surface area contributed by atoms with Gasteiger partial charge in [-0.05, 0) is 31.6 Å². The number of nitrogens with one attached hydrogen (secondary N) is 1. The molecule has 92 valence electrons. The molecule has 0 aliphatic heterocycles. The molecule has 3 nitrogen and oxygen atoms in total. The molecular formula is C13H24N2O. The monoisotopic (exact) mass is 224 g/mol. The summed E-state index contributed by atoms with van der Waals surface area (Å²) in [5, 5.41) is 2.92. The summed E-state index contributed by atoms with van der Waals surface area (Å²) in [6, 6.07) is -0.359. The van der Waals surface area contributed by atoms with Gasteiger partial charge in [-0.1, -0.05) is 31.9 Å². The molecule has 0 fully saturated rings. The van der Waals surface area contributed by atoms with Gasteiger partial charge in [0.2, 0.25) is 5.91 Å². The minimum atomic E-state index is -0.359. The predicted octanol–water partition coefficient (Wildman–Crippen LogP) is 1.98. The molecule has 1 aliphatic rings. The van der Waals surface area contributed by atoms with Crippen LogP contribution in [0.3, 0.4) is 0 Å². The first kappa shape index (κ1) is 13.2. The topological polar surface area (TPSA) is 55.1 Å². The van der Waals surface area contributed by atoms with Crippen LogP contribution in [0.25, 0.3) is 0 Å². The van der Waals surface area contributed by atoms with Crippen LogP contribution >= 0.6 is 0 Å². The second kappa shape index (κ2) is 6.69. The average Bonchev–Trinajstić information content (AvgIpc) is 2.79. The van der Waals surface area contributed by atoms with E-state index < -0.39 is 0 Å². The van der Waals surface area contributed by atoms with E-state index in [1.807, 2.05) is 6.92 Å². The molecule has 1 rings (SSSR count). The third-order valence-electron chi connectivity index (χ3n) is 3.44. The lowest BCUT2D eigenvalue weighted by Gasteiger charge is -2.17. The van der Waals surface area contributed by atoms with Gasteiger partial charge in [-0.25, -0.2) is 0 Å². The van der Waals surface area contributed by atoms with Crippen LogP contribution in [0, 0.1) is 5.92 Å². The van der Waals surface area contributed by atoms with Gasteiger partial charge in [0.05, 0.1) is 6.04 Å². The van der Waals surface area contributed by atoms with Crippen molar-refractivity contribution < 1.29 is 4.79 Å². The molecule has 0 saturated heterocycles. The zero-order valence-corrected chi connectivity index (χ0v) is 10.5. The predicted molar refractivity (Wildman–Crippen MR) is 67.0 cm³/mol. The van der Waals surface area contributed by atoms with E-state index in [4.69, 9.17) is 5.73 Å². The molecule has 2 atom stereocenters. The van der Waals surface area contributed by atoms with E-state index in [1.165, 1.54) is 24.8 Å². The molecule has 0 radical (unpaired) electrons. The summed E-state index contributed by atoms with van der Waals surface area (Å²) in [5.41, 5.74) is 7.32. The van der Waals surface area contributed by atoms with Gasteiger partial charge < -0.3 is 11.1 Å². The number of amides is 1. The second-order valence-corrected chi connectivity index (χ2v) is 4.71. The van der Waals surface area contributed by atoms with Gasteiger partial charge in [0.25, 0.3) is 0 Å². The van der Waals surface area contributed by atoms with Gasteiger partial charge >= 0.3 is 0 Å². The Balaban J connectivity index is 2.19. The lowest BCUT2D eigenvalue weighted by molar-refractivity contribution is -0.123. The molecule has 16 heavy (non-hydrogen) atoms. The quantitative estimate of drug-likeness (QED) is 0.678. The van der Waals surface area contributed by atoms with Crippen molar-refractivity contribution in [2.24, 2.45) is 11.7 Å². The highest BCUT2D eigenvalue weighted by molar-refractivity contribution is 5.81. The van der Waals surface area contributed by atoms with Crippen LogP contribution in [0.1, 0.15) is 46.0 Å². The molecular weight excluding hydrogens is 200 g/mol. The third-order valence-corrected chi connectivity index (χ3v) is 3.44. The van der Waals surface area contributed by atoms with E-state index in [0.29, 0.717) is 0 Å². The number of carbonyl (C=O) groups excluding carboxylic acids is 1. The maximum atomic E-state index is 11.7. The molecule has 0 aromatic heterocycles. The van der Waals surface area contributed by atoms with Gasteiger partial charge in [-0.15, -0.1) is 0 Å². The van der Waals surface area contributed by atoms with Crippen LogP contribution in [0.2, 0.25) is 0 Å². The molecule has 0 aromatic rings. The number of allylic oxidation sites excluding steroid dienone is 1. The highest BCUT2D eigenvalue weighted by Crippen LogP contribution is 2.19. The molecule has 0 saturated carbocycles. The van der Waals surface area contributed by atoms with E-state index in [2.05, 4.69) is 18.3 Å². The average molecular weight is 224 g/mol. The molecule has 0 spiro atoms. The van der Waals surface area contributed by atoms with Crippen molar-refractivity contribution in [3.05, 3.63) is 11.6 Å². The lowest BCUT2D eigenvalue weighted by Crippen LogP contribution is -2.44. The fourth-order valence-electron chi connectivity index (χ4n) is 1.94. The number of hydrogen-bond acceptors (Lipinski definition) is 2. The lowest BCUT2D eigenvalue weighted by atomic mass is 9.99. The summed E-state index contributed by atoms with van der Waals surface area (Å²) in [4.78, 5) is 11.7. The fraction of sp³-hybridized carbons (Fsp3) is 0.769. The zero-order chi connectivity index (χ0) is 12.0. The summed E-state index contributed by atoms with van der Waals surface area (Å²) in [6.45, 7) is 4.81. The van der Waals surface area contributed by atoms with Crippen molar-refractivity contribution in [2.45, 2.75) is 52.0 Å². The molecule has 3 heteroatoms. The zero-order valence-electron chi connectivity index (χ0n) is 10.5.